The number of hydrogen-bond donors (Lipinski definition) is 1. The Morgan fingerprint density at radius 1 is 1.24 bits per heavy atom. The van der Waals surface area contributed by atoms with Crippen molar-refractivity contribution in [1.82, 2.24) is 10.2 Å². The first-order chi connectivity index (χ1) is 10.3. The van der Waals surface area contributed by atoms with Gasteiger partial charge in [0.25, 0.3) is 0 Å². The van der Waals surface area contributed by atoms with Crippen molar-refractivity contribution >= 4 is 0 Å². The number of benzene rings is 1. The molecule has 0 saturated carbocycles. The summed E-state index contributed by atoms with van der Waals surface area (Å²) in [6.45, 7) is 8.32. The Kier molecular flexibility index (Phi) is 4.51. The predicted octanol–water partition coefficient (Wildman–Crippen LogP) is 3.08. The molecule has 0 aliphatic carbocycles. The van der Waals surface area contributed by atoms with E-state index in [9.17, 15) is 0 Å². The summed E-state index contributed by atoms with van der Waals surface area (Å²) in [7, 11) is 1.73. The van der Waals surface area contributed by atoms with E-state index in [0.717, 1.165) is 23.6 Å². The second-order valence-electron chi connectivity index (χ2n) is 6.45. The summed E-state index contributed by atoms with van der Waals surface area (Å²) in [5, 5.41) is 3.58. The molecule has 2 aliphatic heterocycles. The fraction of sp³-hybridized carbons (Fsp3) is 0.667. The largest absolute Gasteiger partial charge is 0.497 e. The molecule has 116 valence electrons. The van der Waals surface area contributed by atoms with Gasteiger partial charge in [0.2, 0.25) is 0 Å². The van der Waals surface area contributed by atoms with E-state index < -0.39 is 0 Å². The minimum atomic E-state index is 0.548. The molecule has 0 amide bonds. The van der Waals surface area contributed by atoms with Crippen molar-refractivity contribution in [1.29, 1.82) is 0 Å². The Bertz CT molecular complexity index is 459. The van der Waals surface area contributed by atoms with Crippen molar-refractivity contribution < 1.29 is 4.74 Å². The monoisotopic (exact) mass is 288 g/mol. The third-order valence-electron chi connectivity index (χ3n) is 5.46. The molecule has 4 unspecified atom stereocenters. The van der Waals surface area contributed by atoms with Crippen molar-refractivity contribution in [3.05, 3.63) is 29.8 Å². The predicted molar refractivity (Wildman–Crippen MR) is 86.7 cm³/mol. The molecule has 4 atom stereocenters. The molecule has 0 spiro atoms. The van der Waals surface area contributed by atoms with Gasteiger partial charge >= 0.3 is 0 Å². The molecule has 0 aromatic heterocycles. The third-order valence-corrected chi connectivity index (χ3v) is 5.46. The Labute approximate surface area is 128 Å². The van der Waals surface area contributed by atoms with Gasteiger partial charge in [0.05, 0.1) is 7.11 Å². The van der Waals surface area contributed by atoms with Crippen LogP contribution in [0.3, 0.4) is 0 Å². The van der Waals surface area contributed by atoms with Crippen molar-refractivity contribution in [2.45, 2.75) is 38.8 Å². The number of hydrogen-bond acceptors (Lipinski definition) is 3. The summed E-state index contributed by atoms with van der Waals surface area (Å²) in [5.41, 5.74) is 1.43. The lowest BCUT2D eigenvalue weighted by Crippen LogP contribution is -2.37. The second kappa shape index (κ2) is 6.37. The van der Waals surface area contributed by atoms with Gasteiger partial charge in [0.1, 0.15) is 5.75 Å². The highest BCUT2D eigenvalue weighted by Crippen LogP contribution is 2.40. The smallest absolute Gasteiger partial charge is 0.118 e. The van der Waals surface area contributed by atoms with Gasteiger partial charge in [-0.05, 0) is 55.5 Å². The van der Waals surface area contributed by atoms with E-state index in [-0.39, 0.29) is 0 Å². The van der Waals surface area contributed by atoms with Crippen molar-refractivity contribution in [3.8, 4) is 5.75 Å². The minimum absolute atomic E-state index is 0.548. The molecule has 2 saturated heterocycles. The Morgan fingerprint density at radius 2 is 2.00 bits per heavy atom. The van der Waals surface area contributed by atoms with Crippen LogP contribution in [0.15, 0.2) is 24.3 Å². The highest BCUT2D eigenvalue weighted by molar-refractivity contribution is 5.29. The number of nitrogens with zero attached hydrogens (tertiary/aromatic N) is 1. The molecule has 1 aromatic carbocycles. The van der Waals surface area contributed by atoms with E-state index in [1.165, 1.54) is 38.0 Å². The molecule has 3 heteroatoms. The molecule has 1 N–H and O–H groups in total. The number of ether oxygens (including phenoxy) is 1. The Hall–Kier alpha value is -1.06. The van der Waals surface area contributed by atoms with Crippen LogP contribution in [0.1, 0.15) is 38.3 Å². The second-order valence-corrected chi connectivity index (χ2v) is 6.45. The number of likely N-dealkylation sites (tertiary alicyclic amines) is 1. The van der Waals surface area contributed by atoms with Crippen molar-refractivity contribution in [2.24, 2.45) is 11.8 Å². The quantitative estimate of drug-likeness (QED) is 0.901. The molecule has 2 aliphatic rings. The maximum atomic E-state index is 5.29. The average molecular weight is 288 g/mol. The topological polar surface area (TPSA) is 24.5 Å². The van der Waals surface area contributed by atoms with Crippen LogP contribution in [-0.2, 0) is 0 Å². The first-order valence-electron chi connectivity index (χ1n) is 8.38. The van der Waals surface area contributed by atoms with Gasteiger partial charge in [-0.3, -0.25) is 4.90 Å². The van der Waals surface area contributed by atoms with Gasteiger partial charge in [-0.1, -0.05) is 26.0 Å². The van der Waals surface area contributed by atoms with Crippen LogP contribution < -0.4 is 10.1 Å². The molecular weight excluding hydrogens is 260 g/mol. The molecule has 2 fully saturated rings. The molecule has 0 bridgehead atoms. The van der Waals surface area contributed by atoms with Crippen LogP contribution in [0.25, 0.3) is 0 Å². The highest BCUT2D eigenvalue weighted by Gasteiger charge is 2.45. The van der Waals surface area contributed by atoms with E-state index in [2.05, 4.69) is 48.3 Å². The molecule has 3 nitrogen and oxygen atoms in total. The van der Waals surface area contributed by atoms with Gasteiger partial charge in [-0.2, -0.15) is 0 Å². The average Bonchev–Trinajstić information content (AvgIpc) is 3.09. The van der Waals surface area contributed by atoms with Crippen molar-refractivity contribution in [3.63, 3.8) is 0 Å². The lowest BCUT2D eigenvalue weighted by atomic mass is 9.92. The fourth-order valence-electron chi connectivity index (χ4n) is 4.44. The summed E-state index contributed by atoms with van der Waals surface area (Å²) in [4.78, 5) is 2.78. The first-order valence-corrected chi connectivity index (χ1v) is 8.38. The van der Waals surface area contributed by atoms with E-state index >= 15 is 0 Å². The highest BCUT2D eigenvalue weighted by atomic mass is 16.5. The van der Waals surface area contributed by atoms with Gasteiger partial charge in [0.15, 0.2) is 0 Å². The zero-order chi connectivity index (χ0) is 14.8. The zero-order valence-corrected chi connectivity index (χ0v) is 13.5. The number of fused-ring (bicyclic) bond motifs is 1. The summed E-state index contributed by atoms with van der Waals surface area (Å²) in [6, 6.07) is 9.95. The van der Waals surface area contributed by atoms with E-state index in [1.807, 2.05) is 0 Å². The Morgan fingerprint density at radius 3 is 2.62 bits per heavy atom. The lowest BCUT2D eigenvalue weighted by Gasteiger charge is -2.34. The van der Waals surface area contributed by atoms with Gasteiger partial charge in [-0.25, -0.2) is 0 Å². The van der Waals surface area contributed by atoms with Gasteiger partial charge in [-0.15, -0.1) is 0 Å². The number of methoxy groups -OCH3 is 1. The normalized spacial score (nSPS) is 30.3. The molecule has 2 heterocycles. The maximum Gasteiger partial charge on any atom is 0.118 e. The van der Waals surface area contributed by atoms with E-state index in [4.69, 9.17) is 4.74 Å². The summed E-state index contributed by atoms with van der Waals surface area (Å²) >= 11 is 0. The molecule has 3 rings (SSSR count). The van der Waals surface area contributed by atoms with Gasteiger partial charge < -0.3 is 10.1 Å². The van der Waals surface area contributed by atoms with Crippen LogP contribution in [0.2, 0.25) is 0 Å². The molecular formula is C18H28N2O. The van der Waals surface area contributed by atoms with Crippen LogP contribution in [-0.4, -0.2) is 37.7 Å². The van der Waals surface area contributed by atoms with E-state index in [0.29, 0.717) is 6.04 Å². The van der Waals surface area contributed by atoms with Gasteiger partial charge in [0, 0.05) is 18.6 Å². The van der Waals surface area contributed by atoms with Crippen LogP contribution in [0, 0.1) is 11.8 Å². The zero-order valence-electron chi connectivity index (χ0n) is 13.5. The summed E-state index contributed by atoms with van der Waals surface area (Å²) in [6.07, 6.45) is 2.44. The van der Waals surface area contributed by atoms with E-state index in [1.54, 1.807) is 7.11 Å². The maximum absolute atomic E-state index is 5.29. The first kappa shape index (κ1) is 14.9. The third kappa shape index (κ3) is 2.69. The molecule has 1 aromatic rings. The minimum Gasteiger partial charge on any atom is -0.497 e. The summed E-state index contributed by atoms with van der Waals surface area (Å²) < 4.78 is 5.29. The van der Waals surface area contributed by atoms with Crippen molar-refractivity contribution in [2.75, 3.05) is 26.7 Å². The number of nitrogens with one attached hydrogen (secondary N) is 1. The molecule has 0 radical (unpaired) electrons. The lowest BCUT2D eigenvalue weighted by molar-refractivity contribution is 0.150. The fourth-order valence-corrected chi connectivity index (χ4v) is 4.44. The Balaban J connectivity index is 1.81. The standard InChI is InChI=1S/C18H28N2O/c1-4-17(13-6-8-15(21-3)9-7-13)20-12-14-10-19-11-16(14)18(20)5-2/h6-9,14,16-19H,4-5,10-12H2,1-3H3. The number of rotatable bonds is 5. The SMILES string of the molecule is CCC(c1ccc(OC)cc1)N1CC2CNCC2C1CC. The summed E-state index contributed by atoms with van der Waals surface area (Å²) in [5.74, 6) is 2.65. The van der Waals surface area contributed by atoms with Crippen LogP contribution in [0.5, 0.6) is 5.75 Å². The van der Waals surface area contributed by atoms with Crippen LogP contribution in [0.4, 0.5) is 0 Å². The van der Waals surface area contributed by atoms with Crippen LogP contribution >= 0.6 is 0 Å². The molecule has 21 heavy (non-hydrogen) atoms.